The Balaban J connectivity index is 1.65. The molecular formula is C19H19NO3S. The number of benzene rings is 1. The lowest BCUT2D eigenvalue weighted by Gasteiger charge is -2.28. The second-order valence-electron chi connectivity index (χ2n) is 5.81. The van der Waals surface area contributed by atoms with Crippen LogP contribution < -0.4 is 4.90 Å². The molecule has 0 atom stereocenters. The summed E-state index contributed by atoms with van der Waals surface area (Å²) in [6.45, 7) is 2.22. The van der Waals surface area contributed by atoms with Crippen LogP contribution in [0.5, 0.6) is 0 Å². The number of carbonyl (C=O) groups excluding carboxylic acids is 1. The van der Waals surface area contributed by atoms with E-state index >= 15 is 0 Å². The lowest BCUT2D eigenvalue weighted by Crippen LogP contribution is -2.29. The molecular weight excluding hydrogens is 322 g/mol. The van der Waals surface area contributed by atoms with Crippen molar-refractivity contribution in [2.24, 2.45) is 0 Å². The first kappa shape index (κ1) is 16.5. The molecule has 5 heteroatoms. The van der Waals surface area contributed by atoms with Crippen molar-refractivity contribution in [3.8, 4) is 0 Å². The third-order valence-electron chi connectivity index (χ3n) is 4.10. The van der Waals surface area contributed by atoms with E-state index in [1.807, 2.05) is 12.1 Å². The van der Waals surface area contributed by atoms with Crippen molar-refractivity contribution in [3.05, 3.63) is 57.8 Å². The highest BCUT2D eigenvalue weighted by molar-refractivity contribution is 7.16. The van der Waals surface area contributed by atoms with E-state index in [2.05, 4.69) is 17.0 Å². The van der Waals surface area contributed by atoms with Crippen molar-refractivity contribution in [3.63, 3.8) is 0 Å². The van der Waals surface area contributed by atoms with Gasteiger partial charge in [-0.05, 0) is 55.2 Å². The van der Waals surface area contributed by atoms with E-state index < -0.39 is 5.97 Å². The average Bonchev–Trinajstić information content (AvgIpc) is 3.11. The monoisotopic (exact) mass is 341 g/mol. The molecule has 0 aliphatic carbocycles. The number of carboxylic acids is 1. The number of hydrogen-bond acceptors (Lipinski definition) is 4. The van der Waals surface area contributed by atoms with Crippen LogP contribution in [-0.2, 0) is 0 Å². The predicted octanol–water partition coefficient (Wildman–Crippen LogP) is 4.33. The maximum Gasteiger partial charge on any atom is 0.345 e. The van der Waals surface area contributed by atoms with Gasteiger partial charge in [0.25, 0.3) is 0 Å². The lowest BCUT2D eigenvalue weighted by atomic mass is 10.1. The summed E-state index contributed by atoms with van der Waals surface area (Å²) in [5, 5.41) is 8.90. The molecule has 2 aromatic rings. The normalized spacial score (nSPS) is 14.9. The first-order valence-corrected chi connectivity index (χ1v) is 8.86. The molecule has 0 amide bonds. The molecule has 0 bridgehead atoms. The number of carboxylic acid groups (broad SMARTS) is 1. The van der Waals surface area contributed by atoms with Gasteiger partial charge in [0.05, 0.1) is 4.88 Å². The molecule has 1 saturated heterocycles. The number of anilines is 1. The zero-order chi connectivity index (χ0) is 16.9. The third-order valence-corrected chi connectivity index (χ3v) is 5.19. The molecule has 0 unspecified atom stereocenters. The van der Waals surface area contributed by atoms with E-state index in [1.54, 1.807) is 12.1 Å². The molecule has 0 saturated carbocycles. The van der Waals surface area contributed by atoms with Crippen molar-refractivity contribution in [1.29, 1.82) is 0 Å². The van der Waals surface area contributed by atoms with E-state index in [0.29, 0.717) is 4.88 Å². The zero-order valence-corrected chi connectivity index (χ0v) is 14.1. The van der Waals surface area contributed by atoms with Crippen LogP contribution in [0.4, 0.5) is 5.69 Å². The number of rotatable bonds is 5. The summed E-state index contributed by atoms with van der Waals surface area (Å²) in [6, 6.07) is 11.2. The zero-order valence-electron chi connectivity index (χ0n) is 13.3. The maximum atomic E-state index is 12.1. The summed E-state index contributed by atoms with van der Waals surface area (Å²) in [7, 11) is 0. The van der Waals surface area contributed by atoms with Gasteiger partial charge in [-0.15, -0.1) is 11.3 Å². The highest BCUT2D eigenvalue weighted by Crippen LogP contribution is 2.21. The van der Waals surface area contributed by atoms with Crippen molar-refractivity contribution < 1.29 is 14.7 Å². The fourth-order valence-electron chi connectivity index (χ4n) is 2.79. The van der Waals surface area contributed by atoms with Gasteiger partial charge < -0.3 is 10.0 Å². The van der Waals surface area contributed by atoms with Gasteiger partial charge >= 0.3 is 5.97 Å². The average molecular weight is 341 g/mol. The number of nitrogens with zero attached hydrogens (tertiary/aromatic N) is 1. The molecule has 4 nitrogen and oxygen atoms in total. The molecule has 0 spiro atoms. The number of hydrogen-bond donors (Lipinski definition) is 1. The van der Waals surface area contributed by atoms with Gasteiger partial charge in [0.15, 0.2) is 5.78 Å². The van der Waals surface area contributed by atoms with E-state index in [1.165, 1.54) is 37.1 Å². The van der Waals surface area contributed by atoms with Crippen molar-refractivity contribution in [2.75, 3.05) is 18.0 Å². The predicted molar refractivity (Wildman–Crippen MR) is 97.1 cm³/mol. The standard InChI is InChI=1S/C19H19NO3S/c21-16(17-10-11-18(24-17)19(22)23)9-6-14-4-7-15(8-5-14)20-12-2-1-3-13-20/h4-11H,1-3,12-13H2,(H,22,23)/b9-6+. The van der Waals surface area contributed by atoms with Crippen LogP contribution >= 0.6 is 11.3 Å². The molecule has 1 aliphatic heterocycles. The van der Waals surface area contributed by atoms with Gasteiger partial charge in [-0.25, -0.2) is 4.79 Å². The molecule has 1 aliphatic rings. The van der Waals surface area contributed by atoms with Crippen LogP contribution in [0.2, 0.25) is 0 Å². The number of allylic oxidation sites excluding steroid dienone is 1. The number of carbonyl (C=O) groups is 2. The number of ketones is 1. The number of piperidine rings is 1. The smallest absolute Gasteiger partial charge is 0.345 e. The van der Waals surface area contributed by atoms with Crippen molar-refractivity contribution in [2.45, 2.75) is 19.3 Å². The summed E-state index contributed by atoms with van der Waals surface area (Å²) in [5.74, 6) is -1.18. The summed E-state index contributed by atoms with van der Waals surface area (Å²) >= 11 is 0.998. The molecule has 0 radical (unpaired) electrons. The molecule has 1 N–H and O–H groups in total. The fraction of sp³-hybridized carbons (Fsp3) is 0.263. The maximum absolute atomic E-state index is 12.1. The highest BCUT2D eigenvalue weighted by Gasteiger charge is 2.11. The molecule has 24 heavy (non-hydrogen) atoms. The second-order valence-corrected chi connectivity index (χ2v) is 6.89. The second kappa shape index (κ2) is 7.45. The van der Waals surface area contributed by atoms with Gasteiger partial charge in [-0.2, -0.15) is 0 Å². The fourth-order valence-corrected chi connectivity index (χ4v) is 3.55. The first-order chi connectivity index (χ1) is 11.6. The minimum atomic E-state index is -1.00. The molecule has 1 aromatic carbocycles. The Morgan fingerprint density at radius 3 is 2.25 bits per heavy atom. The number of thiophene rings is 1. The van der Waals surface area contributed by atoms with Gasteiger partial charge in [0.1, 0.15) is 4.88 Å². The third kappa shape index (κ3) is 3.92. The SMILES string of the molecule is O=C(O)c1ccc(C(=O)/C=C/c2ccc(N3CCCCC3)cc2)s1. The Hall–Kier alpha value is -2.40. The van der Waals surface area contributed by atoms with Gasteiger partial charge in [0.2, 0.25) is 0 Å². The first-order valence-electron chi connectivity index (χ1n) is 8.04. The Bertz CT molecular complexity index is 755. The molecule has 1 fully saturated rings. The van der Waals surface area contributed by atoms with Gasteiger partial charge in [0, 0.05) is 18.8 Å². The van der Waals surface area contributed by atoms with E-state index in [-0.39, 0.29) is 10.7 Å². The molecule has 1 aromatic heterocycles. The lowest BCUT2D eigenvalue weighted by molar-refractivity contribution is 0.0702. The number of aromatic carboxylic acids is 1. The van der Waals surface area contributed by atoms with Gasteiger partial charge in [-0.3, -0.25) is 4.79 Å². The minimum absolute atomic E-state index is 0.174. The summed E-state index contributed by atoms with van der Waals surface area (Å²) in [6.07, 6.45) is 7.06. The molecule has 124 valence electrons. The summed E-state index contributed by atoms with van der Waals surface area (Å²) in [5.41, 5.74) is 2.18. The quantitative estimate of drug-likeness (QED) is 0.649. The summed E-state index contributed by atoms with van der Waals surface area (Å²) in [4.78, 5) is 26.0. The van der Waals surface area contributed by atoms with Crippen LogP contribution in [0.3, 0.4) is 0 Å². The van der Waals surface area contributed by atoms with Crippen LogP contribution in [0.15, 0.2) is 42.5 Å². The Labute approximate surface area is 145 Å². The molecule has 2 heterocycles. The summed E-state index contributed by atoms with van der Waals surface area (Å²) < 4.78 is 0. The van der Waals surface area contributed by atoms with E-state index in [4.69, 9.17) is 5.11 Å². The Kier molecular flexibility index (Phi) is 5.11. The van der Waals surface area contributed by atoms with E-state index in [0.717, 1.165) is 30.0 Å². The topological polar surface area (TPSA) is 57.6 Å². The molecule has 3 rings (SSSR count). The van der Waals surface area contributed by atoms with Crippen LogP contribution in [0.25, 0.3) is 6.08 Å². The minimum Gasteiger partial charge on any atom is -0.477 e. The Morgan fingerprint density at radius 1 is 0.958 bits per heavy atom. The van der Waals surface area contributed by atoms with Crippen LogP contribution in [-0.4, -0.2) is 29.9 Å². The highest BCUT2D eigenvalue weighted by atomic mass is 32.1. The van der Waals surface area contributed by atoms with Gasteiger partial charge in [-0.1, -0.05) is 18.2 Å². The largest absolute Gasteiger partial charge is 0.477 e. The van der Waals surface area contributed by atoms with Crippen molar-refractivity contribution in [1.82, 2.24) is 0 Å². The van der Waals surface area contributed by atoms with Crippen LogP contribution in [0.1, 0.15) is 44.2 Å². The van der Waals surface area contributed by atoms with Crippen molar-refractivity contribution >= 4 is 34.9 Å². The Morgan fingerprint density at radius 2 is 1.62 bits per heavy atom. The van der Waals surface area contributed by atoms with E-state index in [9.17, 15) is 9.59 Å². The van der Waals surface area contributed by atoms with Crippen LogP contribution in [0, 0.1) is 0 Å².